The largest absolute Gasteiger partial charge is 0.746 e. The SMILES string of the molecule is CCCc1cccnc1-c1ccc2c(c1)Sc1ccc(-c3ncccc3CCC)cc1N2C(CC)S(=O)(=O)[O-]. The van der Waals surface area contributed by atoms with Crippen molar-refractivity contribution in [2.45, 2.75) is 68.0 Å². The highest BCUT2D eigenvalue weighted by Gasteiger charge is 2.33. The zero-order chi connectivity index (χ0) is 27.6. The number of aromatic nitrogens is 2. The van der Waals surface area contributed by atoms with E-state index in [0.717, 1.165) is 63.6 Å². The molecule has 1 atom stereocenters. The minimum Gasteiger partial charge on any atom is -0.746 e. The first-order valence-electron chi connectivity index (χ1n) is 13.4. The molecule has 1 unspecified atom stereocenters. The van der Waals surface area contributed by atoms with E-state index in [1.165, 1.54) is 5.56 Å². The first-order valence-corrected chi connectivity index (χ1v) is 15.7. The van der Waals surface area contributed by atoms with E-state index in [2.05, 4.69) is 42.0 Å². The fraction of sp³-hybridized carbons (Fsp3) is 0.290. The zero-order valence-corrected chi connectivity index (χ0v) is 24.1. The highest BCUT2D eigenvalue weighted by molar-refractivity contribution is 7.99. The Morgan fingerprint density at radius 3 is 1.95 bits per heavy atom. The molecule has 202 valence electrons. The van der Waals surface area contributed by atoms with Crippen molar-refractivity contribution in [3.8, 4) is 22.5 Å². The van der Waals surface area contributed by atoms with Crippen LogP contribution in [0, 0.1) is 0 Å². The van der Waals surface area contributed by atoms with Gasteiger partial charge in [-0.2, -0.15) is 0 Å². The molecule has 1 aliphatic heterocycles. The number of benzene rings is 2. The molecule has 5 rings (SSSR count). The fourth-order valence-corrected chi connectivity index (χ4v) is 7.28. The molecule has 0 radical (unpaired) electrons. The Kier molecular flexibility index (Phi) is 8.07. The van der Waals surface area contributed by atoms with Crippen LogP contribution in [0.5, 0.6) is 0 Å². The molecule has 0 N–H and O–H groups in total. The van der Waals surface area contributed by atoms with E-state index in [4.69, 9.17) is 0 Å². The summed E-state index contributed by atoms with van der Waals surface area (Å²) in [7, 11) is -4.63. The number of pyridine rings is 2. The number of anilines is 2. The summed E-state index contributed by atoms with van der Waals surface area (Å²) >= 11 is 1.58. The second-order valence-corrected chi connectivity index (χ2v) is 12.3. The summed E-state index contributed by atoms with van der Waals surface area (Å²) in [5.41, 5.74) is 7.42. The Bertz CT molecular complexity index is 1600. The first kappa shape index (κ1) is 27.4. The van der Waals surface area contributed by atoms with Crippen LogP contribution in [0.25, 0.3) is 22.5 Å². The van der Waals surface area contributed by atoms with Crippen LogP contribution in [0.2, 0.25) is 0 Å². The molecule has 39 heavy (non-hydrogen) atoms. The highest BCUT2D eigenvalue weighted by atomic mass is 32.2. The molecule has 0 bridgehead atoms. The monoisotopic (exact) mass is 558 g/mol. The number of rotatable bonds is 9. The van der Waals surface area contributed by atoms with Crippen LogP contribution < -0.4 is 4.90 Å². The van der Waals surface area contributed by atoms with Gasteiger partial charge in [0.05, 0.1) is 22.8 Å². The van der Waals surface area contributed by atoms with Gasteiger partial charge in [-0.15, -0.1) is 0 Å². The van der Waals surface area contributed by atoms with Gasteiger partial charge in [0.25, 0.3) is 0 Å². The molecular weight excluding hydrogens is 526 g/mol. The van der Waals surface area contributed by atoms with E-state index >= 15 is 0 Å². The third kappa shape index (κ3) is 5.46. The smallest absolute Gasteiger partial charge is 0.124 e. The molecule has 6 nitrogen and oxygen atoms in total. The van der Waals surface area contributed by atoms with Gasteiger partial charge in [-0.25, -0.2) is 8.42 Å². The molecule has 0 fully saturated rings. The second-order valence-electron chi connectivity index (χ2n) is 9.72. The lowest BCUT2D eigenvalue weighted by Gasteiger charge is -2.39. The molecule has 0 amide bonds. The molecule has 8 heteroatoms. The summed E-state index contributed by atoms with van der Waals surface area (Å²) in [5, 5.41) is -1.23. The zero-order valence-electron chi connectivity index (χ0n) is 22.4. The van der Waals surface area contributed by atoms with Gasteiger partial charge in [0.15, 0.2) is 0 Å². The van der Waals surface area contributed by atoms with Crippen LogP contribution in [0.3, 0.4) is 0 Å². The fourth-order valence-electron chi connectivity index (χ4n) is 5.29. The van der Waals surface area contributed by atoms with Gasteiger partial charge in [0.1, 0.15) is 15.5 Å². The van der Waals surface area contributed by atoms with Gasteiger partial charge in [-0.1, -0.05) is 69.6 Å². The number of fused-ring (bicyclic) bond motifs is 2. The van der Waals surface area contributed by atoms with Crippen molar-refractivity contribution < 1.29 is 13.0 Å². The highest BCUT2D eigenvalue weighted by Crippen LogP contribution is 2.52. The Morgan fingerprint density at radius 1 is 0.795 bits per heavy atom. The Balaban J connectivity index is 1.67. The minimum absolute atomic E-state index is 0.160. The summed E-state index contributed by atoms with van der Waals surface area (Å²) in [6.45, 7) is 6.02. The molecule has 0 saturated heterocycles. The predicted molar refractivity (Wildman–Crippen MR) is 157 cm³/mol. The van der Waals surface area contributed by atoms with E-state index in [1.54, 1.807) is 36.0 Å². The van der Waals surface area contributed by atoms with E-state index in [-0.39, 0.29) is 6.42 Å². The van der Waals surface area contributed by atoms with Crippen molar-refractivity contribution in [1.29, 1.82) is 0 Å². The van der Waals surface area contributed by atoms with Crippen LogP contribution >= 0.6 is 11.8 Å². The minimum atomic E-state index is -4.63. The van der Waals surface area contributed by atoms with Crippen LogP contribution in [-0.4, -0.2) is 28.3 Å². The van der Waals surface area contributed by atoms with E-state index in [0.29, 0.717) is 11.4 Å². The molecule has 1 aliphatic rings. The van der Waals surface area contributed by atoms with Crippen LogP contribution in [0.1, 0.15) is 51.2 Å². The number of nitrogens with zero attached hydrogens (tertiary/aromatic N) is 3. The summed E-state index contributed by atoms with van der Waals surface area (Å²) in [6.07, 6.45) is 7.55. The molecule has 2 aromatic heterocycles. The Morgan fingerprint density at radius 2 is 1.38 bits per heavy atom. The molecule has 0 saturated carbocycles. The average molecular weight is 559 g/mol. The molecule has 0 spiro atoms. The topological polar surface area (TPSA) is 86.2 Å². The van der Waals surface area contributed by atoms with Crippen LogP contribution in [-0.2, 0) is 23.0 Å². The maximum atomic E-state index is 12.6. The van der Waals surface area contributed by atoms with Gasteiger partial charge < -0.3 is 9.45 Å². The van der Waals surface area contributed by atoms with Gasteiger partial charge in [-0.3, -0.25) is 9.97 Å². The molecule has 4 aromatic rings. The average Bonchev–Trinajstić information content (AvgIpc) is 2.93. The second kappa shape index (κ2) is 11.5. The van der Waals surface area contributed by atoms with Gasteiger partial charge in [0, 0.05) is 33.3 Å². The lowest BCUT2D eigenvalue weighted by atomic mass is 10.0. The maximum Gasteiger partial charge on any atom is 0.124 e. The Hall–Kier alpha value is -3.20. The molecule has 0 aliphatic carbocycles. The summed E-state index contributed by atoms with van der Waals surface area (Å²) < 4.78 is 37.7. The Labute approximate surface area is 235 Å². The first-order chi connectivity index (χ1) is 18.9. The van der Waals surface area contributed by atoms with E-state index < -0.39 is 15.5 Å². The van der Waals surface area contributed by atoms with Gasteiger partial charge >= 0.3 is 0 Å². The van der Waals surface area contributed by atoms with Crippen molar-refractivity contribution in [2.24, 2.45) is 0 Å². The third-order valence-corrected chi connectivity index (χ3v) is 9.32. The van der Waals surface area contributed by atoms with Crippen LogP contribution in [0.4, 0.5) is 11.4 Å². The maximum absolute atomic E-state index is 12.6. The predicted octanol–water partition coefficient (Wildman–Crippen LogP) is 7.60. The van der Waals surface area contributed by atoms with Crippen molar-refractivity contribution in [2.75, 3.05) is 4.90 Å². The molecular formula is C31H32N3O3S2-. The van der Waals surface area contributed by atoms with Crippen molar-refractivity contribution >= 4 is 33.3 Å². The molecule has 2 aromatic carbocycles. The number of hydrogen-bond donors (Lipinski definition) is 0. The number of aryl methyl sites for hydroxylation is 2. The molecule has 3 heterocycles. The lowest BCUT2D eigenvalue weighted by Crippen LogP contribution is -2.39. The summed E-state index contributed by atoms with van der Waals surface area (Å²) in [4.78, 5) is 12.8. The van der Waals surface area contributed by atoms with E-state index in [9.17, 15) is 13.0 Å². The lowest BCUT2D eigenvalue weighted by molar-refractivity contribution is 0.445. The van der Waals surface area contributed by atoms with Crippen molar-refractivity contribution in [1.82, 2.24) is 9.97 Å². The summed E-state index contributed by atoms with van der Waals surface area (Å²) in [5.74, 6) is 0. The van der Waals surface area contributed by atoms with Crippen molar-refractivity contribution in [3.05, 3.63) is 84.2 Å². The third-order valence-electron chi connectivity index (χ3n) is 7.00. The van der Waals surface area contributed by atoms with E-state index in [1.807, 2.05) is 42.5 Å². The quantitative estimate of drug-likeness (QED) is 0.196. The van der Waals surface area contributed by atoms with Crippen LogP contribution in [0.15, 0.2) is 82.8 Å². The standard InChI is InChI=1S/C31H33N3O3S2/c1-4-9-21-11-7-17-32-30(21)23-14-16-27-26(19-23)34(29(6-3)39(35,36)37)25-15-13-24(20-28(25)38-27)31-22(10-5-2)12-8-18-33-31/h7-8,11-20,29H,4-6,9-10H2,1-3H3,(H,35,36,37)/p-1. The number of hydrogen-bond acceptors (Lipinski definition) is 7. The normalized spacial score (nSPS) is 13.6. The van der Waals surface area contributed by atoms with Gasteiger partial charge in [0.2, 0.25) is 0 Å². The summed E-state index contributed by atoms with van der Waals surface area (Å²) in [6, 6.07) is 20.1. The van der Waals surface area contributed by atoms with Crippen molar-refractivity contribution in [3.63, 3.8) is 0 Å². The van der Waals surface area contributed by atoms with Gasteiger partial charge in [-0.05, 0) is 66.8 Å².